The molecule has 0 saturated carbocycles. The third-order valence-corrected chi connectivity index (χ3v) is 4.10. The van der Waals surface area contributed by atoms with E-state index in [9.17, 15) is 9.36 Å². The fourth-order valence-electron chi connectivity index (χ4n) is 1.55. The van der Waals surface area contributed by atoms with Gasteiger partial charge in [0, 0.05) is 0 Å². The Labute approximate surface area is 96.4 Å². The molecular weight excluding hydrogens is 231 g/mol. The standard InChI is InChI=1S/C10H21O5P/c1-5-10(4,9(11)15-6-2)8(3)7-16(12,13)14/h8H,5-7H2,1-4H3,(H2,12,13,14). The van der Waals surface area contributed by atoms with Crippen molar-refractivity contribution < 1.29 is 23.9 Å². The average Bonchev–Trinajstić information content (AvgIpc) is 2.14. The molecule has 0 radical (unpaired) electrons. The highest BCUT2D eigenvalue weighted by Crippen LogP contribution is 2.44. The van der Waals surface area contributed by atoms with E-state index in [1.807, 2.05) is 6.92 Å². The molecule has 0 spiro atoms. The first-order valence-electron chi connectivity index (χ1n) is 5.39. The first kappa shape index (κ1) is 15.6. The maximum absolute atomic E-state index is 11.7. The Morgan fingerprint density at radius 1 is 1.44 bits per heavy atom. The van der Waals surface area contributed by atoms with E-state index in [0.717, 1.165) is 0 Å². The molecule has 96 valence electrons. The summed E-state index contributed by atoms with van der Waals surface area (Å²) in [6.45, 7) is 7.15. The molecule has 0 rings (SSSR count). The average molecular weight is 252 g/mol. The van der Waals surface area contributed by atoms with E-state index in [0.29, 0.717) is 6.42 Å². The van der Waals surface area contributed by atoms with Gasteiger partial charge in [-0.2, -0.15) is 0 Å². The van der Waals surface area contributed by atoms with Crippen molar-refractivity contribution in [1.82, 2.24) is 0 Å². The quantitative estimate of drug-likeness (QED) is 0.556. The molecule has 5 nitrogen and oxygen atoms in total. The van der Waals surface area contributed by atoms with E-state index < -0.39 is 24.9 Å². The van der Waals surface area contributed by atoms with Crippen LogP contribution in [-0.4, -0.2) is 28.5 Å². The minimum atomic E-state index is -4.10. The lowest BCUT2D eigenvalue weighted by Gasteiger charge is -2.32. The van der Waals surface area contributed by atoms with Crippen molar-refractivity contribution in [3.8, 4) is 0 Å². The van der Waals surface area contributed by atoms with Crippen LogP contribution in [-0.2, 0) is 14.1 Å². The normalized spacial score (nSPS) is 17.6. The summed E-state index contributed by atoms with van der Waals surface area (Å²) in [6.07, 6.45) is 0.198. The van der Waals surface area contributed by atoms with Crippen LogP contribution < -0.4 is 0 Å². The van der Waals surface area contributed by atoms with Crippen LogP contribution >= 0.6 is 7.60 Å². The number of ether oxygens (including phenoxy) is 1. The zero-order valence-corrected chi connectivity index (χ0v) is 11.2. The van der Waals surface area contributed by atoms with E-state index in [-0.39, 0.29) is 12.8 Å². The SMILES string of the molecule is CCOC(=O)C(C)(CC)C(C)CP(=O)(O)O. The second-order valence-electron chi connectivity index (χ2n) is 4.24. The Balaban J connectivity index is 4.81. The molecule has 0 aromatic carbocycles. The van der Waals surface area contributed by atoms with E-state index in [4.69, 9.17) is 14.5 Å². The van der Waals surface area contributed by atoms with E-state index in [2.05, 4.69) is 0 Å². The molecule has 0 amide bonds. The molecule has 6 heteroatoms. The van der Waals surface area contributed by atoms with Gasteiger partial charge in [-0.15, -0.1) is 0 Å². The summed E-state index contributed by atoms with van der Waals surface area (Å²) in [5, 5.41) is 0. The van der Waals surface area contributed by atoms with Crippen LogP contribution in [0.5, 0.6) is 0 Å². The van der Waals surface area contributed by atoms with Gasteiger partial charge < -0.3 is 14.5 Å². The number of carbonyl (C=O) groups is 1. The van der Waals surface area contributed by atoms with Gasteiger partial charge in [0.05, 0.1) is 18.2 Å². The lowest BCUT2D eigenvalue weighted by atomic mass is 9.77. The van der Waals surface area contributed by atoms with Crippen molar-refractivity contribution in [2.24, 2.45) is 11.3 Å². The Hall–Kier alpha value is -0.380. The van der Waals surface area contributed by atoms with Crippen LogP contribution in [0.4, 0.5) is 0 Å². The molecule has 0 aliphatic heterocycles. The summed E-state index contributed by atoms with van der Waals surface area (Å²) in [6, 6.07) is 0. The zero-order chi connectivity index (χ0) is 13.0. The van der Waals surface area contributed by atoms with Crippen LogP contribution in [0.1, 0.15) is 34.1 Å². The third-order valence-electron chi connectivity index (χ3n) is 3.08. The summed E-state index contributed by atoms with van der Waals surface area (Å²) in [7, 11) is -4.10. The van der Waals surface area contributed by atoms with Gasteiger partial charge in [0.1, 0.15) is 0 Å². The van der Waals surface area contributed by atoms with Crippen molar-refractivity contribution in [2.75, 3.05) is 12.8 Å². The smallest absolute Gasteiger partial charge is 0.325 e. The van der Waals surface area contributed by atoms with Gasteiger partial charge in [0.25, 0.3) is 0 Å². The molecule has 0 saturated heterocycles. The number of carbonyl (C=O) groups excluding carboxylic acids is 1. The van der Waals surface area contributed by atoms with E-state index in [1.54, 1.807) is 20.8 Å². The van der Waals surface area contributed by atoms with Gasteiger partial charge in [-0.05, 0) is 26.2 Å². The Kier molecular flexibility index (Phi) is 5.66. The van der Waals surface area contributed by atoms with Crippen LogP contribution in [0.15, 0.2) is 0 Å². The van der Waals surface area contributed by atoms with Crippen LogP contribution in [0.3, 0.4) is 0 Å². The lowest BCUT2D eigenvalue weighted by molar-refractivity contribution is -0.157. The van der Waals surface area contributed by atoms with Crippen molar-refractivity contribution in [2.45, 2.75) is 34.1 Å². The monoisotopic (exact) mass is 252 g/mol. The number of esters is 1. The highest BCUT2D eigenvalue weighted by Gasteiger charge is 2.41. The largest absolute Gasteiger partial charge is 0.466 e. The summed E-state index contributed by atoms with van der Waals surface area (Å²) < 4.78 is 15.9. The van der Waals surface area contributed by atoms with Gasteiger partial charge in [-0.1, -0.05) is 13.8 Å². The zero-order valence-electron chi connectivity index (χ0n) is 10.3. The molecule has 16 heavy (non-hydrogen) atoms. The molecule has 2 N–H and O–H groups in total. The molecule has 2 atom stereocenters. The van der Waals surface area contributed by atoms with Gasteiger partial charge >= 0.3 is 13.6 Å². The minimum Gasteiger partial charge on any atom is -0.466 e. The van der Waals surface area contributed by atoms with Gasteiger partial charge in [0.2, 0.25) is 0 Å². The first-order chi connectivity index (χ1) is 7.17. The van der Waals surface area contributed by atoms with Crippen molar-refractivity contribution in [3.63, 3.8) is 0 Å². The van der Waals surface area contributed by atoms with Crippen LogP contribution in [0.2, 0.25) is 0 Å². The number of hydrogen-bond donors (Lipinski definition) is 2. The first-order valence-corrected chi connectivity index (χ1v) is 7.19. The van der Waals surface area contributed by atoms with Gasteiger partial charge in [-0.25, -0.2) is 0 Å². The Bertz CT molecular complexity index is 285. The summed E-state index contributed by atoms with van der Waals surface area (Å²) in [5.41, 5.74) is -0.836. The molecule has 0 aromatic heterocycles. The highest BCUT2D eigenvalue weighted by atomic mass is 31.2. The predicted molar refractivity (Wildman–Crippen MR) is 61.1 cm³/mol. The summed E-state index contributed by atoms with van der Waals surface area (Å²) in [5.74, 6) is -0.809. The van der Waals surface area contributed by atoms with Crippen LogP contribution in [0, 0.1) is 11.3 Å². The second kappa shape index (κ2) is 5.80. The van der Waals surface area contributed by atoms with Crippen molar-refractivity contribution in [1.29, 1.82) is 0 Å². The fraction of sp³-hybridized carbons (Fsp3) is 0.900. The molecular formula is C10H21O5P. The molecule has 0 heterocycles. The third kappa shape index (κ3) is 4.24. The Morgan fingerprint density at radius 3 is 2.25 bits per heavy atom. The fourth-order valence-corrected chi connectivity index (χ4v) is 2.66. The highest BCUT2D eigenvalue weighted by molar-refractivity contribution is 7.51. The molecule has 0 aliphatic carbocycles. The van der Waals surface area contributed by atoms with Gasteiger partial charge in [-0.3, -0.25) is 9.36 Å². The number of rotatable bonds is 6. The minimum absolute atomic E-state index is 0.275. The topological polar surface area (TPSA) is 83.8 Å². The molecule has 0 bridgehead atoms. The molecule has 0 aliphatic rings. The summed E-state index contributed by atoms with van der Waals surface area (Å²) in [4.78, 5) is 29.6. The second-order valence-corrected chi connectivity index (χ2v) is 5.93. The van der Waals surface area contributed by atoms with Gasteiger partial charge in [0.15, 0.2) is 0 Å². The van der Waals surface area contributed by atoms with E-state index in [1.165, 1.54) is 0 Å². The lowest BCUT2D eigenvalue weighted by Crippen LogP contribution is -2.37. The molecule has 0 fully saturated rings. The maximum Gasteiger partial charge on any atom is 0.325 e. The van der Waals surface area contributed by atoms with E-state index >= 15 is 0 Å². The van der Waals surface area contributed by atoms with Crippen molar-refractivity contribution in [3.05, 3.63) is 0 Å². The van der Waals surface area contributed by atoms with Crippen molar-refractivity contribution >= 4 is 13.6 Å². The summed E-state index contributed by atoms with van der Waals surface area (Å²) >= 11 is 0. The maximum atomic E-state index is 11.7. The number of hydrogen-bond acceptors (Lipinski definition) is 3. The van der Waals surface area contributed by atoms with Crippen LogP contribution in [0.25, 0.3) is 0 Å². The Morgan fingerprint density at radius 2 is 1.94 bits per heavy atom. The molecule has 0 aromatic rings. The molecule has 2 unspecified atom stereocenters. The predicted octanol–water partition coefficient (Wildman–Crippen LogP) is 1.78.